The van der Waals surface area contributed by atoms with Gasteiger partial charge in [0.25, 0.3) is 0 Å². The van der Waals surface area contributed by atoms with Crippen LogP contribution in [-0.4, -0.2) is 24.0 Å². The van der Waals surface area contributed by atoms with Crippen LogP contribution < -0.4 is 5.73 Å². The van der Waals surface area contributed by atoms with Crippen LogP contribution in [-0.2, 0) is 6.54 Å². The lowest BCUT2D eigenvalue weighted by atomic mass is 9.63. The molecule has 2 unspecified atom stereocenters. The molecule has 1 aliphatic carbocycles. The first-order valence-corrected chi connectivity index (χ1v) is 8.33. The second kappa shape index (κ2) is 6.28. The van der Waals surface area contributed by atoms with Crippen LogP contribution in [0.25, 0.3) is 0 Å². The highest BCUT2D eigenvalue weighted by Crippen LogP contribution is 2.46. The Labute approximate surface area is 134 Å². The predicted octanol–water partition coefficient (Wildman–Crippen LogP) is 4.32. The number of hydrogen-bond acceptors (Lipinski definition) is 2. The molecule has 21 heavy (non-hydrogen) atoms. The monoisotopic (exact) mass is 308 g/mol. The third-order valence-electron chi connectivity index (χ3n) is 5.46. The standard InChI is InChI=1S/C18H29ClN2/c1-14-11-17(2,3)9-10-18(14,13-20)21(4)12-15-5-7-16(19)8-6-15/h5-8,14H,9-13,20H2,1-4H3. The van der Waals surface area contributed by atoms with Crippen LogP contribution in [0.1, 0.15) is 45.6 Å². The predicted molar refractivity (Wildman–Crippen MR) is 91.5 cm³/mol. The molecule has 0 saturated heterocycles. The topological polar surface area (TPSA) is 29.3 Å². The van der Waals surface area contributed by atoms with Crippen LogP contribution >= 0.6 is 11.6 Å². The van der Waals surface area contributed by atoms with Gasteiger partial charge in [0.1, 0.15) is 0 Å². The zero-order chi connectivity index (χ0) is 15.7. The average molecular weight is 309 g/mol. The third-order valence-corrected chi connectivity index (χ3v) is 5.71. The third kappa shape index (κ3) is 3.61. The fourth-order valence-corrected chi connectivity index (χ4v) is 4.10. The van der Waals surface area contributed by atoms with Crippen LogP contribution in [0.5, 0.6) is 0 Å². The first-order chi connectivity index (χ1) is 9.79. The zero-order valence-corrected chi connectivity index (χ0v) is 14.6. The molecule has 1 aliphatic rings. The Morgan fingerprint density at radius 1 is 1.24 bits per heavy atom. The van der Waals surface area contributed by atoms with Gasteiger partial charge in [0.2, 0.25) is 0 Å². The maximum atomic E-state index is 6.23. The molecule has 2 atom stereocenters. The van der Waals surface area contributed by atoms with Crippen molar-refractivity contribution in [1.82, 2.24) is 4.90 Å². The fourth-order valence-electron chi connectivity index (χ4n) is 3.97. The molecule has 0 radical (unpaired) electrons. The van der Waals surface area contributed by atoms with Gasteiger partial charge in [0, 0.05) is 23.7 Å². The molecule has 0 aliphatic heterocycles. The van der Waals surface area contributed by atoms with E-state index in [-0.39, 0.29) is 5.54 Å². The van der Waals surface area contributed by atoms with Crippen molar-refractivity contribution in [2.24, 2.45) is 17.1 Å². The summed E-state index contributed by atoms with van der Waals surface area (Å²) in [5.74, 6) is 0.614. The van der Waals surface area contributed by atoms with Crippen LogP contribution in [0.4, 0.5) is 0 Å². The molecule has 1 aromatic carbocycles. The number of nitrogens with two attached hydrogens (primary N) is 1. The van der Waals surface area contributed by atoms with E-state index in [1.165, 1.54) is 24.8 Å². The average Bonchev–Trinajstić information content (AvgIpc) is 2.41. The van der Waals surface area contributed by atoms with E-state index >= 15 is 0 Å². The number of hydrogen-bond donors (Lipinski definition) is 1. The summed E-state index contributed by atoms with van der Waals surface area (Å²) in [5, 5.41) is 0.794. The van der Waals surface area contributed by atoms with E-state index in [0.717, 1.165) is 18.1 Å². The van der Waals surface area contributed by atoms with Gasteiger partial charge in [0.15, 0.2) is 0 Å². The number of halogens is 1. The summed E-state index contributed by atoms with van der Waals surface area (Å²) >= 11 is 5.97. The van der Waals surface area contributed by atoms with Gasteiger partial charge in [-0.2, -0.15) is 0 Å². The maximum absolute atomic E-state index is 6.23. The first-order valence-electron chi connectivity index (χ1n) is 7.95. The lowest BCUT2D eigenvalue weighted by Crippen LogP contribution is -2.59. The molecule has 2 N–H and O–H groups in total. The molecule has 0 heterocycles. The van der Waals surface area contributed by atoms with Gasteiger partial charge in [-0.3, -0.25) is 4.90 Å². The Morgan fingerprint density at radius 2 is 1.86 bits per heavy atom. The molecule has 1 saturated carbocycles. The Morgan fingerprint density at radius 3 is 2.38 bits per heavy atom. The molecule has 0 bridgehead atoms. The van der Waals surface area contributed by atoms with E-state index in [1.54, 1.807) is 0 Å². The highest BCUT2D eigenvalue weighted by molar-refractivity contribution is 6.30. The second-order valence-corrected chi connectivity index (χ2v) is 8.00. The van der Waals surface area contributed by atoms with Crippen molar-refractivity contribution < 1.29 is 0 Å². The van der Waals surface area contributed by atoms with Crippen molar-refractivity contribution in [2.75, 3.05) is 13.6 Å². The van der Waals surface area contributed by atoms with E-state index in [4.69, 9.17) is 17.3 Å². The first kappa shape index (κ1) is 16.8. The minimum atomic E-state index is 0.120. The molecule has 1 fully saturated rings. The Hall–Kier alpha value is -0.570. The molecular weight excluding hydrogens is 280 g/mol. The minimum absolute atomic E-state index is 0.120. The Bertz CT molecular complexity index is 469. The zero-order valence-electron chi connectivity index (χ0n) is 13.8. The summed E-state index contributed by atoms with van der Waals surface area (Å²) < 4.78 is 0. The quantitative estimate of drug-likeness (QED) is 0.897. The lowest BCUT2D eigenvalue weighted by Gasteiger charge is -2.52. The van der Waals surface area contributed by atoms with Crippen LogP contribution in [0.3, 0.4) is 0 Å². The number of benzene rings is 1. The van der Waals surface area contributed by atoms with Crippen LogP contribution in [0.15, 0.2) is 24.3 Å². The molecule has 0 aromatic heterocycles. The summed E-state index contributed by atoms with van der Waals surface area (Å²) in [7, 11) is 2.22. The molecular formula is C18H29ClN2. The van der Waals surface area contributed by atoms with Crippen molar-refractivity contribution in [3.63, 3.8) is 0 Å². The smallest absolute Gasteiger partial charge is 0.0406 e. The van der Waals surface area contributed by atoms with Gasteiger partial charge in [-0.15, -0.1) is 0 Å². The van der Waals surface area contributed by atoms with Crippen molar-refractivity contribution >= 4 is 11.6 Å². The van der Waals surface area contributed by atoms with Gasteiger partial charge in [-0.05, 0) is 55.3 Å². The molecule has 2 nitrogen and oxygen atoms in total. The van der Waals surface area contributed by atoms with Gasteiger partial charge in [-0.1, -0.05) is 44.5 Å². The number of nitrogens with zero attached hydrogens (tertiary/aromatic N) is 1. The Kier molecular flexibility index (Phi) is 5.02. The van der Waals surface area contributed by atoms with E-state index in [0.29, 0.717) is 11.3 Å². The van der Waals surface area contributed by atoms with Crippen molar-refractivity contribution in [3.8, 4) is 0 Å². The van der Waals surface area contributed by atoms with Gasteiger partial charge in [-0.25, -0.2) is 0 Å². The Balaban J connectivity index is 2.14. The van der Waals surface area contributed by atoms with E-state index in [9.17, 15) is 0 Å². The fraction of sp³-hybridized carbons (Fsp3) is 0.667. The molecule has 1 aromatic rings. The molecule has 2 rings (SSSR count). The van der Waals surface area contributed by atoms with E-state index < -0.39 is 0 Å². The van der Waals surface area contributed by atoms with Crippen LogP contribution in [0.2, 0.25) is 5.02 Å². The van der Waals surface area contributed by atoms with E-state index in [1.807, 2.05) is 12.1 Å². The summed E-state index contributed by atoms with van der Waals surface area (Å²) in [5.41, 5.74) is 8.09. The number of likely N-dealkylation sites (N-methyl/N-ethyl adjacent to an activating group) is 1. The molecule has 0 spiro atoms. The summed E-state index contributed by atoms with van der Waals surface area (Å²) in [4.78, 5) is 2.47. The molecule has 0 amide bonds. The normalized spacial score (nSPS) is 28.8. The summed E-state index contributed by atoms with van der Waals surface area (Å²) in [6, 6.07) is 8.15. The van der Waals surface area contributed by atoms with Crippen molar-refractivity contribution in [2.45, 2.75) is 52.1 Å². The number of rotatable bonds is 4. The van der Waals surface area contributed by atoms with E-state index in [2.05, 4.69) is 44.9 Å². The lowest BCUT2D eigenvalue weighted by molar-refractivity contribution is -0.0117. The second-order valence-electron chi connectivity index (χ2n) is 7.56. The van der Waals surface area contributed by atoms with Crippen molar-refractivity contribution in [3.05, 3.63) is 34.9 Å². The summed E-state index contributed by atoms with van der Waals surface area (Å²) in [6.07, 6.45) is 3.68. The van der Waals surface area contributed by atoms with Crippen LogP contribution in [0, 0.1) is 11.3 Å². The minimum Gasteiger partial charge on any atom is -0.329 e. The largest absolute Gasteiger partial charge is 0.329 e. The molecule has 3 heteroatoms. The van der Waals surface area contributed by atoms with Gasteiger partial charge in [0.05, 0.1) is 0 Å². The highest BCUT2D eigenvalue weighted by Gasteiger charge is 2.45. The highest BCUT2D eigenvalue weighted by atomic mass is 35.5. The maximum Gasteiger partial charge on any atom is 0.0406 e. The summed E-state index contributed by atoms with van der Waals surface area (Å²) in [6.45, 7) is 8.78. The van der Waals surface area contributed by atoms with Gasteiger partial charge < -0.3 is 5.73 Å². The van der Waals surface area contributed by atoms with Gasteiger partial charge >= 0.3 is 0 Å². The molecule has 118 valence electrons. The SMILES string of the molecule is CC1CC(C)(C)CCC1(CN)N(C)Cc1ccc(Cl)cc1. The van der Waals surface area contributed by atoms with Crippen molar-refractivity contribution in [1.29, 1.82) is 0 Å².